The normalized spacial score (nSPS) is 18.0. The van der Waals surface area contributed by atoms with Crippen LogP contribution in [0.25, 0.3) is 0 Å². The van der Waals surface area contributed by atoms with Crippen LogP contribution in [0.3, 0.4) is 0 Å². The van der Waals surface area contributed by atoms with E-state index in [2.05, 4.69) is 10.3 Å². The highest BCUT2D eigenvalue weighted by Gasteiger charge is 2.33. The van der Waals surface area contributed by atoms with Crippen molar-refractivity contribution in [2.45, 2.75) is 17.1 Å². The Hall–Kier alpha value is -2.01. The number of rotatable bonds is 8. The topological polar surface area (TPSA) is 97.8 Å². The van der Waals surface area contributed by atoms with E-state index in [1.165, 1.54) is 21.8 Å². The molecule has 1 fully saturated rings. The van der Waals surface area contributed by atoms with Crippen LogP contribution in [0.15, 0.2) is 40.1 Å². The Balaban J connectivity index is 1.58. The number of thiophene rings is 1. The Kier molecular flexibility index (Phi) is 7.00. The van der Waals surface area contributed by atoms with Crippen LogP contribution >= 0.6 is 11.3 Å². The fraction of sp³-hybridized carbons (Fsp3) is 0.444. The second kappa shape index (κ2) is 9.46. The van der Waals surface area contributed by atoms with Gasteiger partial charge in [0.25, 0.3) is 10.0 Å². The summed E-state index contributed by atoms with van der Waals surface area (Å²) < 4.78 is 37.4. The van der Waals surface area contributed by atoms with Crippen LogP contribution in [0.5, 0.6) is 5.88 Å². The number of carbonyl (C=O) groups is 1. The summed E-state index contributed by atoms with van der Waals surface area (Å²) in [5, 5.41) is 4.55. The molecule has 3 rings (SSSR count). The maximum Gasteiger partial charge on any atom is 0.252 e. The number of ether oxygens (including phenoxy) is 2. The molecule has 152 valence electrons. The van der Waals surface area contributed by atoms with Gasteiger partial charge < -0.3 is 14.8 Å². The molecule has 1 aliphatic rings. The van der Waals surface area contributed by atoms with Gasteiger partial charge in [0.15, 0.2) is 0 Å². The van der Waals surface area contributed by atoms with Gasteiger partial charge in [0, 0.05) is 26.3 Å². The lowest BCUT2D eigenvalue weighted by Crippen LogP contribution is -2.43. The molecule has 0 saturated carbocycles. The molecular weight excluding hydrogens is 402 g/mol. The molecule has 28 heavy (non-hydrogen) atoms. The Morgan fingerprint density at radius 1 is 1.36 bits per heavy atom. The maximum atomic E-state index is 12.7. The first-order chi connectivity index (χ1) is 13.5. The van der Waals surface area contributed by atoms with E-state index in [1.54, 1.807) is 36.8 Å². The zero-order chi connectivity index (χ0) is 20.0. The molecule has 10 heteroatoms. The third-order valence-electron chi connectivity index (χ3n) is 4.39. The van der Waals surface area contributed by atoms with Gasteiger partial charge in [-0.05, 0) is 30.4 Å². The maximum absolute atomic E-state index is 12.7. The van der Waals surface area contributed by atoms with Crippen molar-refractivity contribution in [3.05, 3.63) is 35.8 Å². The van der Waals surface area contributed by atoms with Crippen molar-refractivity contribution in [1.82, 2.24) is 9.29 Å². The third kappa shape index (κ3) is 5.07. The highest BCUT2D eigenvalue weighted by atomic mass is 32.2. The summed E-state index contributed by atoms with van der Waals surface area (Å²) in [4.78, 5) is 16.8. The first-order valence-electron chi connectivity index (χ1n) is 8.93. The van der Waals surface area contributed by atoms with Crippen LogP contribution in [0, 0.1) is 5.92 Å². The summed E-state index contributed by atoms with van der Waals surface area (Å²) in [7, 11) is -1.95. The second-order valence-corrected chi connectivity index (χ2v) is 9.46. The molecule has 2 aromatic heterocycles. The minimum Gasteiger partial charge on any atom is -0.475 e. The van der Waals surface area contributed by atoms with E-state index in [0.29, 0.717) is 48.4 Å². The van der Waals surface area contributed by atoms with Gasteiger partial charge >= 0.3 is 0 Å². The number of aromatic nitrogens is 1. The van der Waals surface area contributed by atoms with Gasteiger partial charge in [0.1, 0.15) is 10.8 Å². The fourth-order valence-electron chi connectivity index (χ4n) is 2.93. The number of pyridine rings is 1. The number of piperidine rings is 1. The number of amides is 1. The molecular formula is C18H23N3O5S2. The summed E-state index contributed by atoms with van der Waals surface area (Å²) in [6, 6.07) is 6.67. The quantitative estimate of drug-likeness (QED) is 0.651. The lowest BCUT2D eigenvalue weighted by molar-refractivity contribution is -0.120. The van der Waals surface area contributed by atoms with Crippen molar-refractivity contribution in [3.63, 3.8) is 0 Å². The first kappa shape index (κ1) is 20.7. The first-order valence-corrected chi connectivity index (χ1v) is 11.2. The van der Waals surface area contributed by atoms with E-state index < -0.39 is 15.9 Å². The van der Waals surface area contributed by atoms with Gasteiger partial charge in [-0.15, -0.1) is 11.3 Å². The van der Waals surface area contributed by atoms with E-state index in [-0.39, 0.29) is 12.5 Å². The Labute approximate surface area is 168 Å². The average Bonchev–Trinajstić information content (AvgIpc) is 3.25. The molecule has 0 radical (unpaired) electrons. The van der Waals surface area contributed by atoms with E-state index in [9.17, 15) is 13.2 Å². The van der Waals surface area contributed by atoms with Gasteiger partial charge in [-0.2, -0.15) is 4.31 Å². The van der Waals surface area contributed by atoms with E-state index in [4.69, 9.17) is 9.47 Å². The molecule has 1 unspecified atom stereocenters. The van der Waals surface area contributed by atoms with Crippen molar-refractivity contribution in [2.75, 3.05) is 38.7 Å². The SMILES string of the molecule is COCCOc1ccc(NC(=O)C2CCCN(S(=O)(=O)c3cccs3)C2)cn1. The molecule has 1 aliphatic heterocycles. The number of hydrogen-bond donors (Lipinski definition) is 1. The van der Waals surface area contributed by atoms with Crippen LogP contribution in [0.4, 0.5) is 5.69 Å². The van der Waals surface area contributed by atoms with E-state index in [0.717, 1.165) is 0 Å². The Morgan fingerprint density at radius 2 is 2.21 bits per heavy atom. The Morgan fingerprint density at radius 3 is 2.89 bits per heavy atom. The molecule has 0 spiro atoms. The van der Waals surface area contributed by atoms with Crippen LogP contribution < -0.4 is 10.1 Å². The standard InChI is InChI=1S/C18H23N3O5S2/c1-25-9-10-26-16-7-6-15(12-19-16)20-18(22)14-4-2-8-21(13-14)28(23,24)17-5-3-11-27-17/h3,5-7,11-12,14H,2,4,8-10,13H2,1H3,(H,20,22). The van der Waals surface area contributed by atoms with Crippen molar-refractivity contribution in [3.8, 4) is 5.88 Å². The van der Waals surface area contributed by atoms with Gasteiger partial charge in [-0.3, -0.25) is 4.79 Å². The zero-order valence-corrected chi connectivity index (χ0v) is 17.2. The summed E-state index contributed by atoms with van der Waals surface area (Å²) in [5.74, 6) is -0.164. The van der Waals surface area contributed by atoms with E-state index >= 15 is 0 Å². The van der Waals surface area contributed by atoms with Gasteiger partial charge in [0.05, 0.1) is 24.4 Å². The largest absolute Gasteiger partial charge is 0.475 e. The number of sulfonamides is 1. The summed E-state index contributed by atoms with van der Waals surface area (Å²) in [5.41, 5.74) is 0.544. The number of carbonyl (C=O) groups excluding carboxylic acids is 1. The highest BCUT2D eigenvalue weighted by molar-refractivity contribution is 7.91. The predicted molar refractivity (Wildman–Crippen MR) is 106 cm³/mol. The molecule has 2 aromatic rings. The van der Waals surface area contributed by atoms with Crippen LogP contribution in [-0.4, -0.2) is 57.0 Å². The van der Waals surface area contributed by atoms with Crippen molar-refractivity contribution >= 4 is 33.0 Å². The molecule has 1 saturated heterocycles. The van der Waals surface area contributed by atoms with Crippen LogP contribution in [0.2, 0.25) is 0 Å². The lowest BCUT2D eigenvalue weighted by atomic mass is 9.99. The minimum atomic E-state index is -3.54. The lowest BCUT2D eigenvalue weighted by Gasteiger charge is -2.30. The predicted octanol–water partition coefficient (Wildman–Crippen LogP) is 2.21. The molecule has 0 aliphatic carbocycles. The molecule has 1 atom stereocenters. The van der Waals surface area contributed by atoms with Gasteiger partial charge in [-0.25, -0.2) is 13.4 Å². The number of hydrogen-bond acceptors (Lipinski definition) is 7. The number of nitrogens with one attached hydrogen (secondary N) is 1. The number of nitrogens with zero attached hydrogens (tertiary/aromatic N) is 2. The van der Waals surface area contributed by atoms with Gasteiger partial charge in [-0.1, -0.05) is 6.07 Å². The summed E-state index contributed by atoms with van der Waals surface area (Å²) >= 11 is 1.19. The van der Waals surface area contributed by atoms with Crippen LogP contribution in [-0.2, 0) is 19.6 Å². The van der Waals surface area contributed by atoms with E-state index in [1.807, 2.05) is 0 Å². The smallest absolute Gasteiger partial charge is 0.252 e. The highest BCUT2D eigenvalue weighted by Crippen LogP contribution is 2.27. The number of methoxy groups -OCH3 is 1. The summed E-state index contributed by atoms with van der Waals surface area (Å²) in [6.07, 6.45) is 2.81. The average molecular weight is 426 g/mol. The molecule has 0 bridgehead atoms. The molecule has 0 aromatic carbocycles. The van der Waals surface area contributed by atoms with Gasteiger partial charge in [0.2, 0.25) is 11.8 Å². The minimum absolute atomic E-state index is 0.178. The molecule has 8 nitrogen and oxygen atoms in total. The monoisotopic (exact) mass is 425 g/mol. The summed E-state index contributed by atoms with van der Waals surface area (Å²) in [6.45, 7) is 1.47. The molecule has 1 amide bonds. The van der Waals surface area contributed by atoms with Crippen molar-refractivity contribution in [2.24, 2.45) is 5.92 Å². The molecule has 3 heterocycles. The van der Waals surface area contributed by atoms with Crippen LogP contribution in [0.1, 0.15) is 12.8 Å². The zero-order valence-electron chi connectivity index (χ0n) is 15.5. The molecule has 1 N–H and O–H groups in total. The van der Waals surface area contributed by atoms with Crippen molar-refractivity contribution < 1.29 is 22.7 Å². The third-order valence-corrected chi connectivity index (χ3v) is 7.62. The van der Waals surface area contributed by atoms with Crippen molar-refractivity contribution in [1.29, 1.82) is 0 Å². The number of anilines is 1. The Bertz CT molecular complexity index is 869. The fourth-order valence-corrected chi connectivity index (χ4v) is 5.59. The second-order valence-electron chi connectivity index (χ2n) is 6.35.